The average Bonchev–Trinajstić information content (AvgIpc) is 3.51. The second-order valence-electron chi connectivity index (χ2n) is 6.64. The molecule has 9 heteroatoms. The molecule has 174 valence electrons. The van der Waals surface area contributed by atoms with Crippen molar-refractivity contribution in [3.63, 3.8) is 0 Å². The highest BCUT2D eigenvalue weighted by molar-refractivity contribution is 7.19. The van der Waals surface area contributed by atoms with Crippen LogP contribution in [0, 0.1) is 5.82 Å². The number of benzene rings is 2. The van der Waals surface area contributed by atoms with Gasteiger partial charge in [-0.05, 0) is 24.3 Å². The van der Waals surface area contributed by atoms with Gasteiger partial charge in [-0.2, -0.15) is 0 Å². The summed E-state index contributed by atoms with van der Waals surface area (Å²) in [5.74, 6) is 0.354. The number of halogens is 1. The summed E-state index contributed by atoms with van der Waals surface area (Å²) in [6, 6.07) is 9.78. The summed E-state index contributed by atoms with van der Waals surface area (Å²) in [5.41, 5.74) is 1.66. The van der Waals surface area contributed by atoms with Crippen LogP contribution >= 0.6 is 22.7 Å². The summed E-state index contributed by atoms with van der Waals surface area (Å²) in [5, 5.41) is 18.3. The van der Waals surface area contributed by atoms with Crippen LogP contribution in [0.5, 0.6) is 11.5 Å². The van der Waals surface area contributed by atoms with E-state index in [1.165, 1.54) is 43.0 Å². The zero-order valence-corrected chi connectivity index (χ0v) is 20.3. The summed E-state index contributed by atoms with van der Waals surface area (Å²) in [6.45, 7) is 4.00. The maximum absolute atomic E-state index is 14.0. The number of hydrogen-bond acceptors (Lipinski definition) is 7. The Kier molecular flexibility index (Phi) is 8.37. The van der Waals surface area contributed by atoms with Crippen molar-refractivity contribution in [3.8, 4) is 22.1 Å². The molecule has 2 aromatic heterocycles. The first kappa shape index (κ1) is 24.6. The molecule has 0 saturated carbocycles. The predicted octanol–water partition coefficient (Wildman–Crippen LogP) is 5.67. The molecule has 33 heavy (non-hydrogen) atoms. The zero-order chi connectivity index (χ0) is 24.0. The highest BCUT2D eigenvalue weighted by Crippen LogP contribution is 2.37. The van der Waals surface area contributed by atoms with E-state index in [2.05, 4.69) is 10.3 Å². The predicted molar refractivity (Wildman–Crippen MR) is 131 cm³/mol. The van der Waals surface area contributed by atoms with E-state index in [0.29, 0.717) is 32.5 Å². The second-order valence-corrected chi connectivity index (χ2v) is 8.38. The van der Waals surface area contributed by atoms with Crippen LogP contribution in [0.4, 0.5) is 4.39 Å². The van der Waals surface area contributed by atoms with Crippen molar-refractivity contribution in [2.75, 3.05) is 20.8 Å². The lowest BCUT2D eigenvalue weighted by Crippen LogP contribution is -2.28. The van der Waals surface area contributed by atoms with E-state index < -0.39 is 6.10 Å². The molecular formula is C24H25FN2O4S2. The standard InChI is InChI=1S/C22H19FN2O4S2.C2H6/c1-28-18-7-6-12(8-19(18)29-2)21(27)24-9-17(26)16-11-31-22(25-16)14-10-30-20-13(14)4-3-5-15(20)23;1-2/h3-8,10-11,17,26H,9H2,1-2H3,(H,24,27);1-2H3. The molecule has 0 aliphatic carbocycles. The normalized spacial score (nSPS) is 11.5. The Morgan fingerprint density at radius 2 is 1.88 bits per heavy atom. The molecule has 0 saturated heterocycles. The van der Waals surface area contributed by atoms with E-state index >= 15 is 0 Å². The van der Waals surface area contributed by atoms with Crippen molar-refractivity contribution >= 4 is 38.7 Å². The van der Waals surface area contributed by atoms with Gasteiger partial charge in [0, 0.05) is 33.8 Å². The number of nitrogens with zero attached hydrogens (tertiary/aromatic N) is 1. The third-order valence-corrected chi connectivity index (χ3v) is 6.65. The first-order chi connectivity index (χ1) is 16.0. The number of fused-ring (bicyclic) bond motifs is 1. The highest BCUT2D eigenvalue weighted by Gasteiger charge is 2.18. The third-order valence-electron chi connectivity index (χ3n) is 4.75. The summed E-state index contributed by atoms with van der Waals surface area (Å²) in [7, 11) is 3.01. The molecule has 0 radical (unpaired) electrons. The average molecular weight is 489 g/mol. The lowest BCUT2D eigenvalue weighted by molar-refractivity contribution is 0.0914. The molecule has 1 atom stereocenters. The van der Waals surface area contributed by atoms with E-state index in [0.717, 1.165) is 10.9 Å². The summed E-state index contributed by atoms with van der Waals surface area (Å²) in [4.78, 5) is 16.9. The summed E-state index contributed by atoms with van der Waals surface area (Å²) < 4.78 is 24.9. The smallest absolute Gasteiger partial charge is 0.251 e. The molecule has 0 spiro atoms. The minimum atomic E-state index is -0.976. The van der Waals surface area contributed by atoms with Gasteiger partial charge in [0.25, 0.3) is 5.91 Å². The van der Waals surface area contributed by atoms with Gasteiger partial charge in [0.2, 0.25) is 0 Å². The number of thiazole rings is 1. The Morgan fingerprint density at radius 3 is 2.61 bits per heavy atom. The fourth-order valence-electron chi connectivity index (χ4n) is 3.12. The van der Waals surface area contributed by atoms with Crippen LogP contribution in [0.3, 0.4) is 0 Å². The number of carbonyl (C=O) groups excluding carboxylic acids is 1. The fourth-order valence-corrected chi connectivity index (χ4v) is 5.05. The monoisotopic (exact) mass is 488 g/mol. The minimum Gasteiger partial charge on any atom is -0.493 e. The zero-order valence-electron chi connectivity index (χ0n) is 18.7. The van der Waals surface area contributed by atoms with Crippen LogP contribution in [0.15, 0.2) is 47.2 Å². The number of aromatic nitrogens is 1. The van der Waals surface area contributed by atoms with Crippen LogP contribution in [0.1, 0.15) is 36.0 Å². The number of aliphatic hydroxyl groups is 1. The lowest BCUT2D eigenvalue weighted by atomic mass is 10.1. The Hall–Kier alpha value is -3.01. The first-order valence-corrected chi connectivity index (χ1v) is 12.1. The number of carbonyl (C=O) groups is 1. The molecule has 2 N–H and O–H groups in total. The van der Waals surface area contributed by atoms with Gasteiger partial charge in [0.15, 0.2) is 11.5 Å². The van der Waals surface area contributed by atoms with Crippen LogP contribution in [0.25, 0.3) is 20.7 Å². The van der Waals surface area contributed by atoms with Crippen LogP contribution in [-0.4, -0.2) is 36.8 Å². The molecule has 6 nitrogen and oxygen atoms in total. The van der Waals surface area contributed by atoms with Gasteiger partial charge >= 0.3 is 0 Å². The van der Waals surface area contributed by atoms with E-state index in [-0.39, 0.29) is 18.3 Å². The maximum Gasteiger partial charge on any atom is 0.251 e. The Bertz CT molecular complexity index is 1240. The topological polar surface area (TPSA) is 80.7 Å². The summed E-state index contributed by atoms with van der Waals surface area (Å²) >= 11 is 2.69. The second kappa shape index (κ2) is 11.2. The maximum atomic E-state index is 14.0. The Labute approximate surface area is 199 Å². The van der Waals surface area contributed by atoms with Crippen molar-refractivity contribution < 1.29 is 23.8 Å². The van der Waals surface area contributed by atoms with Gasteiger partial charge in [-0.25, -0.2) is 9.37 Å². The van der Waals surface area contributed by atoms with Gasteiger partial charge in [0.05, 0.1) is 24.6 Å². The van der Waals surface area contributed by atoms with Crippen molar-refractivity contribution in [1.29, 1.82) is 0 Å². The number of ether oxygens (including phenoxy) is 2. The Balaban J connectivity index is 0.00000149. The molecule has 2 aromatic carbocycles. The fraction of sp³-hybridized carbons (Fsp3) is 0.250. The molecule has 0 aliphatic rings. The van der Waals surface area contributed by atoms with E-state index in [1.54, 1.807) is 29.6 Å². The number of methoxy groups -OCH3 is 2. The highest BCUT2D eigenvalue weighted by atomic mass is 32.1. The molecule has 0 bridgehead atoms. The SMILES string of the molecule is CC.COc1ccc(C(=O)NCC(O)c2csc(-c3csc4c(F)cccc34)n2)cc1OC. The van der Waals surface area contributed by atoms with Crippen molar-refractivity contribution in [1.82, 2.24) is 10.3 Å². The number of nitrogens with one attached hydrogen (secondary N) is 1. The van der Waals surface area contributed by atoms with Gasteiger partial charge in [0.1, 0.15) is 16.9 Å². The molecule has 0 fully saturated rings. The number of amides is 1. The lowest BCUT2D eigenvalue weighted by Gasteiger charge is -2.12. The van der Waals surface area contributed by atoms with Crippen LogP contribution in [-0.2, 0) is 0 Å². The summed E-state index contributed by atoms with van der Waals surface area (Å²) in [6.07, 6.45) is -0.976. The molecule has 4 aromatic rings. The molecule has 2 heterocycles. The van der Waals surface area contributed by atoms with Gasteiger partial charge in [-0.15, -0.1) is 22.7 Å². The third kappa shape index (κ3) is 5.32. The largest absolute Gasteiger partial charge is 0.493 e. The Morgan fingerprint density at radius 1 is 1.12 bits per heavy atom. The van der Waals surface area contributed by atoms with Crippen molar-refractivity contribution in [3.05, 3.63) is 64.2 Å². The first-order valence-electron chi connectivity index (χ1n) is 10.3. The molecule has 1 amide bonds. The van der Waals surface area contributed by atoms with Crippen molar-refractivity contribution in [2.24, 2.45) is 0 Å². The number of aliphatic hydroxyl groups excluding tert-OH is 1. The van der Waals surface area contributed by atoms with E-state index in [9.17, 15) is 14.3 Å². The van der Waals surface area contributed by atoms with Gasteiger partial charge in [-0.3, -0.25) is 4.79 Å². The number of hydrogen-bond donors (Lipinski definition) is 2. The molecule has 4 rings (SSSR count). The van der Waals surface area contributed by atoms with Crippen molar-refractivity contribution in [2.45, 2.75) is 20.0 Å². The van der Waals surface area contributed by atoms with Gasteiger partial charge < -0.3 is 19.9 Å². The van der Waals surface area contributed by atoms with Crippen LogP contribution < -0.4 is 14.8 Å². The van der Waals surface area contributed by atoms with E-state index in [4.69, 9.17) is 9.47 Å². The quantitative estimate of drug-likeness (QED) is 0.350. The molecule has 1 unspecified atom stereocenters. The van der Waals surface area contributed by atoms with E-state index in [1.807, 2.05) is 25.3 Å². The number of rotatable bonds is 7. The number of thiophene rings is 1. The molecule has 0 aliphatic heterocycles. The molecular weight excluding hydrogens is 463 g/mol. The van der Waals surface area contributed by atoms with Crippen LogP contribution in [0.2, 0.25) is 0 Å². The van der Waals surface area contributed by atoms with Gasteiger partial charge in [-0.1, -0.05) is 26.0 Å². The minimum absolute atomic E-state index is 0.00460.